The Labute approximate surface area is 686 Å². The van der Waals surface area contributed by atoms with Crippen molar-refractivity contribution in [3.63, 3.8) is 0 Å². The summed E-state index contributed by atoms with van der Waals surface area (Å²) in [6.45, 7) is 10.8. The highest BCUT2D eigenvalue weighted by atomic mass is 16.8. The van der Waals surface area contributed by atoms with Gasteiger partial charge in [0.1, 0.15) is 30.5 Å². The molecule has 21 fully saturated rings. The fraction of sp³-hybridized carbons (Fsp3) is 0.851. The molecule has 121 heavy (non-hydrogen) atoms. The van der Waals surface area contributed by atoms with Crippen LogP contribution in [0.3, 0.4) is 0 Å². The zero-order chi connectivity index (χ0) is 88.8. The minimum atomic E-state index is -2.30. The molecule has 1 saturated carbocycles. The summed E-state index contributed by atoms with van der Waals surface area (Å²) in [5.74, 6) is -15.9. The Morgan fingerprint density at radius 2 is 0.430 bits per heavy atom. The summed E-state index contributed by atoms with van der Waals surface area (Å²) in [5.41, 5.74) is 69.7. The van der Waals surface area contributed by atoms with Gasteiger partial charge in [-0.25, -0.2) is 0 Å². The van der Waals surface area contributed by atoms with Crippen molar-refractivity contribution in [3.05, 3.63) is 73.1 Å². The molecular weight excluding hydrogens is 1630 g/mol. The van der Waals surface area contributed by atoms with Gasteiger partial charge in [0.05, 0.1) is 94.2 Å². The van der Waals surface area contributed by atoms with Crippen LogP contribution in [-0.2, 0) is 157 Å². The van der Waals surface area contributed by atoms with Crippen LogP contribution in [0.5, 0.6) is 0 Å². The SMILES string of the molecule is CC(=O)OC1[C@H]2OC(CN=[N+]=[N-])[C@@H](O[C@H]3OC(CN=[N+]=[N-])[C@@H](O[C@H]4OC(CN=[N+]=[N-])[C@@H](O[C@H]5CC(CN=[N+]=[N-])[C@@H](O[C@H]6OC(CN=[N+]=[N-])[C@@H](O[C@@H]7OC(CN=[N+]=[N-])[C@@H](O[C@@H]8OC(CN=[N+]=[N-])[C@@H](O2)[C@H](OC(C)=O)C8OC(C)=O)[C@H](OC(C)=O)C7OC(C)=O)[C@H](OC(C)=O)C6OC(C)=O)[C@H](OC(C)=O)C5OC(C)=O)[C@H](C)C4C)[C@H](C)C3C)[C@@H]1OC(C)=O. The van der Waals surface area contributed by atoms with Crippen LogP contribution in [0, 0.1) is 29.6 Å². The number of carbonyl (C=O) groups is 10. The number of hydrogen-bond acceptors (Lipinski definition) is 40. The Kier molecular flexibility index (Phi) is 35.4. The van der Waals surface area contributed by atoms with Crippen LogP contribution in [-0.4, -0.2) is 290 Å². The van der Waals surface area contributed by atoms with Gasteiger partial charge in [0.25, 0.3) is 0 Å². The van der Waals surface area contributed by atoms with Gasteiger partial charge >= 0.3 is 59.7 Å². The molecule has 0 radical (unpaired) electrons. The summed E-state index contributed by atoms with van der Waals surface area (Å²) in [4.78, 5) is 157. The number of ether oxygens (including phenoxy) is 23. The van der Waals surface area contributed by atoms with Crippen LogP contribution >= 0.6 is 0 Å². The number of rotatable bonds is 24. The average Bonchev–Trinajstić information content (AvgIpc) is 0.830. The highest BCUT2D eigenvalue weighted by Crippen LogP contribution is 2.47. The molecule has 0 N–H and O–H groups in total. The Hall–Kier alpha value is -10.7. The van der Waals surface area contributed by atoms with E-state index in [1.807, 2.05) is 0 Å². The molecule has 54 heteroatoms. The molecule has 0 aromatic rings. The van der Waals surface area contributed by atoms with E-state index in [2.05, 4.69) is 70.2 Å². The van der Waals surface area contributed by atoms with E-state index in [1.54, 1.807) is 27.7 Å². The van der Waals surface area contributed by atoms with Crippen molar-refractivity contribution in [2.45, 2.75) is 288 Å². The molecular formula is C67H93N21O33. The van der Waals surface area contributed by atoms with Gasteiger partial charge in [-0.1, -0.05) is 63.5 Å². The quantitative estimate of drug-likeness (QED) is 0.0380. The zero-order valence-electron chi connectivity index (χ0n) is 67.7. The standard InChI is InChI=1S/C67H93N21O33/c1-23-25(3)62-110-39(17-76-83-69)45(23)109-38-15-37(16-75-82-68)47(53(100-28(6)90)48(38)99-27(5)89)117-64-58(105-33(11)95)55(102-30(8)92)50(42(112-64)20-79-86-72)119-66-60(107-35(13)97)57(104-32(10)94)52(44(114-66)22-81-88-74)121-67-61(108-36(14)98)56(103-31(9)93)51(43(115-67)21-80-87-73)120-65-59(106-34(12)96)54(101-29(7)91)49(41(113-65)19-78-85-71)118-63-26(4)24(2)46(116-62)40(111-63)18-77-84-70/h23-26,37-67H,15-22H2,1-14H3/t23-,24-,25?,26?,37?,38+,39?,40?,41?,42?,43?,44?,45+,46+,47-,48?,49-,50-,51-,52-,53+,54+,55+,56+,57+,58?,59?,60?,61?,62-,63-,64-,65+,66+,67+/m1/s1. The predicted molar refractivity (Wildman–Crippen MR) is 388 cm³/mol. The maximum atomic E-state index is 13.7. The third kappa shape index (κ3) is 24.8. The largest absolute Gasteiger partial charge is 0.456 e. The lowest BCUT2D eigenvalue weighted by molar-refractivity contribution is -0.389. The molecule has 14 bridgehead atoms. The van der Waals surface area contributed by atoms with Gasteiger partial charge < -0.3 is 109 Å². The van der Waals surface area contributed by atoms with Crippen molar-refractivity contribution >= 4 is 59.7 Å². The Balaban J connectivity index is 1.40. The molecule has 21 rings (SSSR count). The Bertz CT molecular complexity index is 4080. The average molecular weight is 1720 g/mol. The zero-order valence-corrected chi connectivity index (χ0v) is 67.7. The molecule has 0 spiro atoms. The van der Waals surface area contributed by atoms with E-state index in [9.17, 15) is 86.7 Å². The summed E-state index contributed by atoms with van der Waals surface area (Å²) >= 11 is 0. The van der Waals surface area contributed by atoms with Crippen molar-refractivity contribution in [1.29, 1.82) is 0 Å². The highest BCUT2D eigenvalue weighted by Gasteiger charge is 2.64. The second kappa shape index (κ2) is 44.8. The van der Waals surface area contributed by atoms with Crippen molar-refractivity contribution in [2.24, 2.45) is 65.4 Å². The van der Waals surface area contributed by atoms with Gasteiger partial charge in [-0.2, -0.15) is 0 Å². The van der Waals surface area contributed by atoms with Gasteiger partial charge in [-0.05, 0) is 62.9 Å². The number of carbonyl (C=O) groups excluding carboxylic acids is 10. The van der Waals surface area contributed by atoms with E-state index in [-0.39, 0.29) is 0 Å². The lowest BCUT2D eigenvalue weighted by Crippen LogP contribution is -2.69. The summed E-state index contributed by atoms with van der Waals surface area (Å²) in [5, 5.41) is 26.3. The lowest BCUT2D eigenvalue weighted by Gasteiger charge is -2.52. The highest BCUT2D eigenvalue weighted by molar-refractivity contribution is 5.70. The van der Waals surface area contributed by atoms with E-state index in [1.165, 1.54) is 0 Å². The smallest absolute Gasteiger partial charge is 0.303 e. The number of hydrogen-bond donors (Lipinski definition) is 0. The normalized spacial score (nSPS) is 38.2. The summed E-state index contributed by atoms with van der Waals surface area (Å²) in [6.07, 6.45) is -56.6. The molecule has 35 atom stereocenters. The number of esters is 10. The number of azide groups is 7. The molecule has 0 aromatic heterocycles. The maximum Gasteiger partial charge on any atom is 0.303 e. The van der Waals surface area contributed by atoms with E-state index >= 15 is 0 Å². The van der Waals surface area contributed by atoms with Crippen LogP contribution in [0.15, 0.2) is 35.8 Å². The Morgan fingerprint density at radius 1 is 0.240 bits per heavy atom. The van der Waals surface area contributed by atoms with Gasteiger partial charge in [0.2, 0.25) is 0 Å². The van der Waals surface area contributed by atoms with Crippen molar-refractivity contribution in [2.75, 3.05) is 45.8 Å². The van der Waals surface area contributed by atoms with Gasteiger partial charge in [-0.3, -0.25) is 47.9 Å². The molecule has 1 aliphatic carbocycles. The first-order chi connectivity index (χ1) is 57.6. The first-order valence-electron chi connectivity index (χ1n) is 37.9. The van der Waals surface area contributed by atoms with Crippen LogP contribution in [0.4, 0.5) is 0 Å². The minimum Gasteiger partial charge on any atom is -0.456 e. The first kappa shape index (κ1) is 95.8. The van der Waals surface area contributed by atoms with E-state index in [4.69, 9.17) is 109 Å². The predicted octanol–water partition coefficient (Wildman–Crippen LogP) is 5.47. The molecule has 54 nitrogen and oxygen atoms in total. The molecule has 20 saturated heterocycles. The van der Waals surface area contributed by atoms with Gasteiger partial charge in [0.15, 0.2) is 98.8 Å². The third-order valence-electron chi connectivity index (χ3n) is 20.7. The minimum absolute atomic E-state index is 0.390. The topological polar surface area (TPSA) is 724 Å². The molecule has 0 amide bonds. The van der Waals surface area contributed by atoms with Crippen LogP contribution in [0.25, 0.3) is 73.1 Å². The number of nitrogens with zero attached hydrogens (tertiary/aromatic N) is 21. The van der Waals surface area contributed by atoms with Gasteiger partial charge in [-0.15, -0.1) is 0 Å². The van der Waals surface area contributed by atoms with Crippen LogP contribution in [0.1, 0.15) is 103 Å². The molecule has 20 heterocycles. The van der Waals surface area contributed by atoms with Crippen molar-refractivity contribution < 1.29 is 157 Å². The second-order valence-electron chi connectivity index (χ2n) is 29.1. The van der Waals surface area contributed by atoms with E-state index in [0.717, 1.165) is 69.2 Å². The van der Waals surface area contributed by atoms with Crippen LogP contribution < -0.4 is 0 Å². The summed E-state index contributed by atoms with van der Waals surface area (Å²) in [6, 6.07) is 0. The molecule has 0 aromatic carbocycles. The molecule has 14 unspecified atom stereocenters. The maximum absolute atomic E-state index is 13.7. The first-order valence-corrected chi connectivity index (χ1v) is 37.9. The second-order valence-corrected chi connectivity index (χ2v) is 29.1. The molecule has 20 aliphatic heterocycles. The fourth-order valence-electron chi connectivity index (χ4n) is 15.7. The van der Waals surface area contributed by atoms with Gasteiger partial charge in [0, 0.05) is 122 Å². The summed E-state index contributed by atoms with van der Waals surface area (Å²) < 4.78 is 147. The third-order valence-corrected chi connectivity index (χ3v) is 20.7. The Morgan fingerprint density at radius 3 is 0.686 bits per heavy atom. The van der Waals surface area contributed by atoms with Crippen molar-refractivity contribution in [1.82, 2.24) is 0 Å². The van der Waals surface area contributed by atoms with Crippen LogP contribution in [0.2, 0.25) is 0 Å². The monoisotopic (exact) mass is 1720 g/mol. The molecule has 664 valence electrons. The fourth-order valence-corrected chi connectivity index (χ4v) is 15.7. The summed E-state index contributed by atoms with van der Waals surface area (Å²) in [7, 11) is 0. The van der Waals surface area contributed by atoms with E-state index < -0.39 is 326 Å². The van der Waals surface area contributed by atoms with Crippen molar-refractivity contribution in [3.8, 4) is 0 Å². The van der Waals surface area contributed by atoms with E-state index in [0.29, 0.717) is 0 Å². The lowest BCUT2D eigenvalue weighted by atomic mass is 9.79. The molecule has 21 aliphatic rings.